The molecule has 1 saturated carbocycles. The van der Waals surface area contributed by atoms with E-state index in [1.54, 1.807) is 0 Å². The number of likely N-dealkylation sites (tertiary alicyclic amines) is 1. The molecule has 5 heteroatoms. The molecule has 1 heterocycles. The van der Waals surface area contributed by atoms with Gasteiger partial charge >= 0.3 is 0 Å². The van der Waals surface area contributed by atoms with Gasteiger partial charge in [0, 0.05) is 43.6 Å². The summed E-state index contributed by atoms with van der Waals surface area (Å²) in [4.78, 5) is 15.4. The molecule has 3 N–H and O–H groups in total. The fourth-order valence-electron chi connectivity index (χ4n) is 4.54. The normalized spacial score (nSPS) is 33.3. The highest BCUT2D eigenvalue weighted by atomic mass is 16.5. The Hall–Kier alpha value is -1.43. The van der Waals surface area contributed by atoms with Gasteiger partial charge in [0.05, 0.1) is 6.10 Å². The van der Waals surface area contributed by atoms with Gasteiger partial charge in [-0.15, -0.1) is 0 Å². The van der Waals surface area contributed by atoms with Gasteiger partial charge in [0.2, 0.25) is 5.91 Å². The molecule has 1 aliphatic heterocycles. The number of hydrogen-bond acceptors (Lipinski definition) is 4. The van der Waals surface area contributed by atoms with Crippen molar-refractivity contribution in [2.75, 3.05) is 13.2 Å². The number of hydrogen-bond donors (Lipinski definition) is 2. The van der Waals surface area contributed by atoms with Crippen LogP contribution in [0.3, 0.4) is 0 Å². The average molecular weight is 374 g/mol. The van der Waals surface area contributed by atoms with Crippen LogP contribution in [0.4, 0.5) is 0 Å². The number of nitrogens with two attached hydrogens (primary N) is 1. The minimum absolute atomic E-state index is 0.0165. The number of nitrogens with zero attached hydrogens (tertiary/aromatic N) is 1. The summed E-state index contributed by atoms with van der Waals surface area (Å²) in [5.74, 6) is -0.0165. The Morgan fingerprint density at radius 3 is 2.63 bits per heavy atom. The van der Waals surface area contributed by atoms with Crippen LogP contribution in [0.2, 0.25) is 0 Å². The number of rotatable bonds is 6. The maximum Gasteiger partial charge on any atom is 0.241 e. The van der Waals surface area contributed by atoms with E-state index in [9.17, 15) is 4.79 Å². The van der Waals surface area contributed by atoms with Crippen molar-refractivity contribution >= 4 is 5.91 Å². The van der Waals surface area contributed by atoms with Crippen molar-refractivity contribution in [1.82, 2.24) is 10.2 Å². The summed E-state index contributed by atoms with van der Waals surface area (Å²) in [6.45, 7) is 10.9. The number of amides is 1. The van der Waals surface area contributed by atoms with E-state index in [1.165, 1.54) is 5.56 Å². The Kier molecular flexibility index (Phi) is 5.94. The zero-order valence-electron chi connectivity index (χ0n) is 17.2. The van der Waals surface area contributed by atoms with E-state index in [-0.39, 0.29) is 23.5 Å². The molecular formula is C22H35N3O2. The van der Waals surface area contributed by atoms with E-state index < -0.39 is 5.54 Å². The van der Waals surface area contributed by atoms with Gasteiger partial charge in [0.1, 0.15) is 5.54 Å². The van der Waals surface area contributed by atoms with Crippen molar-refractivity contribution in [1.29, 1.82) is 0 Å². The molecule has 2 aliphatic rings. The standard InChI is InChI=1S/C22H35N3O2/c1-5-27-19-14-22(23,21(19,3)4)20(26)24-18-11-12-25(16(2)13-18)15-17-9-7-6-8-10-17/h6-10,16,18-19H,5,11-15,23H2,1-4H3,(H,24,26). The second-order valence-electron chi connectivity index (χ2n) is 8.84. The number of carbonyl (C=O) groups is 1. The number of benzene rings is 1. The highest BCUT2D eigenvalue weighted by Gasteiger charge is 2.63. The van der Waals surface area contributed by atoms with Gasteiger partial charge in [0.25, 0.3) is 0 Å². The monoisotopic (exact) mass is 373 g/mol. The quantitative estimate of drug-likeness (QED) is 0.804. The molecule has 1 amide bonds. The van der Waals surface area contributed by atoms with Crippen molar-refractivity contribution in [3.63, 3.8) is 0 Å². The van der Waals surface area contributed by atoms with E-state index in [0.29, 0.717) is 19.1 Å². The highest BCUT2D eigenvalue weighted by molar-refractivity contribution is 5.89. The van der Waals surface area contributed by atoms with Gasteiger partial charge in [-0.05, 0) is 32.3 Å². The smallest absolute Gasteiger partial charge is 0.241 e. The first-order valence-corrected chi connectivity index (χ1v) is 10.3. The number of ether oxygens (including phenoxy) is 1. The van der Waals surface area contributed by atoms with Crippen molar-refractivity contribution in [2.45, 2.75) is 77.2 Å². The summed E-state index contributed by atoms with van der Waals surface area (Å²) in [6.07, 6.45) is 2.59. The molecule has 1 aromatic carbocycles. The van der Waals surface area contributed by atoms with Gasteiger partial charge in [-0.2, -0.15) is 0 Å². The Morgan fingerprint density at radius 2 is 2.04 bits per heavy atom. The van der Waals surface area contributed by atoms with Gasteiger partial charge in [-0.1, -0.05) is 44.2 Å². The molecular weight excluding hydrogens is 338 g/mol. The van der Waals surface area contributed by atoms with Gasteiger partial charge < -0.3 is 15.8 Å². The zero-order valence-corrected chi connectivity index (χ0v) is 17.2. The van der Waals surface area contributed by atoms with E-state index in [1.807, 2.05) is 20.8 Å². The fraction of sp³-hybridized carbons (Fsp3) is 0.682. The molecule has 1 aromatic rings. The summed E-state index contributed by atoms with van der Waals surface area (Å²) < 4.78 is 5.75. The largest absolute Gasteiger partial charge is 0.378 e. The maximum atomic E-state index is 13.0. The summed E-state index contributed by atoms with van der Waals surface area (Å²) >= 11 is 0. The van der Waals surface area contributed by atoms with Gasteiger partial charge in [-0.3, -0.25) is 9.69 Å². The third-order valence-corrected chi connectivity index (χ3v) is 6.81. The summed E-state index contributed by atoms with van der Waals surface area (Å²) in [5.41, 5.74) is 6.69. The van der Waals surface area contributed by atoms with Crippen LogP contribution in [-0.2, 0) is 16.1 Å². The maximum absolute atomic E-state index is 13.0. The molecule has 4 unspecified atom stereocenters. The van der Waals surface area contributed by atoms with Crippen LogP contribution < -0.4 is 11.1 Å². The number of piperidine rings is 1. The molecule has 1 saturated heterocycles. The zero-order chi connectivity index (χ0) is 19.7. The van der Waals surface area contributed by atoms with E-state index in [2.05, 4.69) is 47.5 Å². The first-order valence-electron chi connectivity index (χ1n) is 10.3. The van der Waals surface area contributed by atoms with Crippen LogP contribution in [0.25, 0.3) is 0 Å². The third kappa shape index (κ3) is 3.91. The highest BCUT2D eigenvalue weighted by Crippen LogP contribution is 2.50. The average Bonchev–Trinajstić information content (AvgIpc) is 2.64. The van der Waals surface area contributed by atoms with Crippen LogP contribution in [0.5, 0.6) is 0 Å². The molecule has 27 heavy (non-hydrogen) atoms. The molecule has 0 radical (unpaired) electrons. The Balaban J connectivity index is 1.53. The lowest BCUT2D eigenvalue weighted by molar-refractivity contribution is -0.171. The lowest BCUT2D eigenvalue weighted by atomic mass is 9.54. The summed E-state index contributed by atoms with van der Waals surface area (Å²) in [7, 11) is 0. The Morgan fingerprint density at radius 1 is 1.33 bits per heavy atom. The third-order valence-electron chi connectivity index (χ3n) is 6.81. The molecule has 5 nitrogen and oxygen atoms in total. The summed E-state index contributed by atoms with van der Waals surface area (Å²) in [5, 5.41) is 3.25. The minimum atomic E-state index is -0.836. The second kappa shape index (κ2) is 7.90. The lowest BCUT2D eigenvalue weighted by Gasteiger charge is -2.58. The predicted molar refractivity (Wildman–Crippen MR) is 108 cm³/mol. The van der Waals surface area contributed by atoms with Crippen LogP contribution in [0, 0.1) is 5.41 Å². The van der Waals surface area contributed by atoms with E-state index >= 15 is 0 Å². The van der Waals surface area contributed by atoms with Crippen LogP contribution in [0.1, 0.15) is 52.5 Å². The molecule has 0 bridgehead atoms. The fourth-order valence-corrected chi connectivity index (χ4v) is 4.54. The molecule has 0 aromatic heterocycles. The first-order chi connectivity index (χ1) is 12.8. The molecule has 0 spiro atoms. The molecule has 4 atom stereocenters. The topological polar surface area (TPSA) is 67.6 Å². The SMILES string of the molecule is CCOC1CC(N)(C(=O)NC2CCN(Cc3ccccc3)C(C)C2)C1(C)C. The summed E-state index contributed by atoms with van der Waals surface area (Å²) in [6, 6.07) is 11.2. The van der Waals surface area contributed by atoms with E-state index in [0.717, 1.165) is 25.9 Å². The van der Waals surface area contributed by atoms with Crippen LogP contribution >= 0.6 is 0 Å². The second-order valence-corrected chi connectivity index (χ2v) is 8.84. The van der Waals surface area contributed by atoms with Crippen molar-refractivity contribution < 1.29 is 9.53 Å². The molecule has 150 valence electrons. The number of carbonyl (C=O) groups excluding carboxylic acids is 1. The minimum Gasteiger partial charge on any atom is -0.378 e. The predicted octanol–water partition coefficient (Wildman–Crippen LogP) is 2.69. The lowest BCUT2D eigenvalue weighted by Crippen LogP contribution is -2.76. The Labute approximate surface area is 163 Å². The van der Waals surface area contributed by atoms with Gasteiger partial charge in [0.15, 0.2) is 0 Å². The molecule has 3 rings (SSSR count). The Bertz CT molecular complexity index is 648. The number of nitrogens with one attached hydrogen (secondary N) is 1. The van der Waals surface area contributed by atoms with E-state index in [4.69, 9.17) is 10.5 Å². The van der Waals surface area contributed by atoms with Crippen molar-refractivity contribution in [3.05, 3.63) is 35.9 Å². The van der Waals surface area contributed by atoms with Crippen LogP contribution in [0.15, 0.2) is 30.3 Å². The van der Waals surface area contributed by atoms with Crippen molar-refractivity contribution in [2.24, 2.45) is 11.1 Å². The van der Waals surface area contributed by atoms with Crippen molar-refractivity contribution in [3.8, 4) is 0 Å². The first kappa shape index (κ1) is 20.3. The molecule has 1 aliphatic carbocycles. The van der Waals surface area contributed by atoms with Gasteiger partial charge in [-0.25, -0.2) is 0 Å². The van der Waals surface area contributed by atoms with Crippen LogP contribution in [-0.4, -0.2) is 47.7 Å². The molecule has 2 fully saturated rings.